The number of aryl methyl sites for hydroxylation is 1. The normalized spacial score (nSPS) is 15.0. The second-order valence-corrected chi connectivity index (χ2v) is 9.78. The number of piperazine rings is 1. The molecule has 1 aliphatic rings. The Balaban J connectivity index is 1.07. The van der Waals surface area contributed by atoms with Crippen molar-refractivity contribution in [3.05, 3.63) is 81.1 Å². The molecule has 0 radical (unpaired) electrons. The molecule has 0 aliphatic carbocycles. The van der Waals surface area contributed by atoms with Gasteiger partial charge < -0.3 is 9.26 Å². The van der Waals surface area contributed by atoms with Crippen molar-refractivity contribution in [2.75, 3.05) is 26.2 Å². The van der Waals surface area contributed by atoms with E-state index in [4.69, 9.17) is 25.8 Å². The summed E-state index contributed by atoms with van der Waals surface area (Å²) in [5.41, 5.74) is 3.23. The maximum Gasteiger partial charge on any atom is 0.241 e. The van der Waals surface area contributed by atoms with Crippen molar-refractivity contribution in [1.29, 1.82) is 0 Å². The van der Waals surface area contributed by atoms with Crippen LogP contribution in [0.25, 0.3) is 11.4 Å². The van der Waals surface area contributed by atoms with Crippen molar-refractivity contribution >= 4 is 22.9 Å². The minimum atomic E-state index is 0.504. The van der Waals surface area contributed by atoms with Crippen LogP contribution < -0.4 is 4.74 Å². The van der Waals surface area contributed by atoms with Gasteiger partial charge in [0, 0.05) is 48.7 Å². The van der Waals surface area contributed by atoms with E-state index in [-0.39, 0.29) is 0 Å². The molecule has 0 saturated carbocycles. The molecule has 0 spiro atoms. The van der Waals surface area contributed by atoms with Gasteiger partial charge in [-0.25, -0.2) is 4.98 Å². The van der Waals surface area contributed by atoms with E-state index in [2.05, 4.69) is 44.4 Å². The molecule has 2 aromatic carbocycles. The highest BCUT2D eigenvalue weighted by molar-refractivity contribution is 7.09. The summed E-state index contributed by atoms with van der Waals surface area (Å²) in [6.07, 6.45) is 0. The van der Waals surface area contributed by atoms with E-state index in [0.29, 0.717) is 29.9 Å². The van der Waals surface area contributed by atoms with Gasteiger partial charge in [0.05, 0.1) is 12.2 Å². The van der Waals surface area contributed by atoms with Crippen molar-refractivity contribution in [2.45, 2.75) is 26.6 Å². The van der Waals surface area contributed by atoms with Crippen molar-refractivity contribution in [1.82, 2.24) is 24.9 Å². The first-order chi connectivity index (χ1) is 16.6. The standard InChI is InChI=1S/C25H26ClN5O2S/c1-18-2-8-22(9-3-18)32-16-24-27-21(17-34-24)14-30-10-12-31(13-11-30)15-23-28-25(29-33-23)19-4-6-20(26)7-5-19/h2-9,17H,10-16H2,1H3. The summed E-state index contributed by atoms with van der Waals surface area (Å²) in [6, 6.07) is 15.6. The summed E-state index contributed by atoms with van der Waals surface area (Å²) in [4.78, 5) is 14.1. The van der Waals surface area contributed by atoms with E-state index in [1.807, 2.05) is 36.4 Å². The molecule has 7 nitrogen and oxygen atoms in total. The first kappa shape index (κ1) is 23.0. The molecule has 176 valence electrons. The summed E-state index contributed by atoms with van der Waals surface area (Å²) in [6.45, 7) is 7.94. The third kappa shape index (κ3) is 6.01. The lowest BCUT2D eigenvalue weighted by Crippen LogP contribution is -2.45. The van der Waals surface area contributed by atoms with Gasteiger partial charge in [0.15, 0.2) is 0 Å². The molecular weight excluding hydrogens is 470 g/mol. The Bertz CT molecular complexity index is 1200. The van der Waals surface area contributed by atoms with Crippen LogP contribution in [0.4, 0.5) is 0 Å². The zero-order valence-electron chi connectivity index (χ0n) is 19.0. The number of thiazole rings is 1. The van der Waals surface area contributed by atoms with E-state index < -0.39 is 0 Å². The van der Waals surface area contributed by atoms with Crippen molar-refractivity contribution in [2.24, 2.45) is 0 Å². The maximum atomic E-state index is 5.95. The zero-order chi connectivity index (χ0) is 23.3. The Morgan fingerprint density at radius 1 is 0.941 bits per heavy atom. The number of benzene rings is 2. The Hall–Kier alpha value is -2.78. The highest BCUT2D eigenvalue weighted by Crippen LogP contribution is 2.20. The Labute approximate surface area is 207 Å². The van der Waals surface area contributed by atoms with E-state index in [1.54, 1.807) is 11.3 Å². The van der Waals surface area contributed by atoms with Crippen molar-refractivity contribution in [3.63, 3.8) is 0 Å². The topological polar surface area (TPSA) is 67.5 Å². The molecule has 34 heavy (non-hydrogen) atoms. The predicted octanol–water partition coefficient (Wildman–Crippen LogP) is 5.05. The fraction of sp³-hybridized carbons (Fsp3) is 0.320. The van der Waals surface area contributed by atoms with Gasteiger partial charge in [0.2, 0.25) is 11.7 Å². The van der Waals surface area contributed by atoms with Gasteiger partial charge in [-0.15, -0.1) is 11.3 Å². The molecule has 1 aliphatic heterocycles. The summed E-state index contributed by atoms with van der Waals surface area (Å²) in [7, 11) is 0. The van der Waals surface area contributed by atoms with Gasteiger partial charge in [-0.2, -0.15) is 4.98 Å². The third-order valence-corrected chi connectivity index (χ3v) is 6.89. The molecule has 4 aromatic rings. The molecule has 3 heterocycles. The first-order valence-electron chi connectivity index (χ1n) is 11.3. The van der Waals surface area contributed by atoms with Gasteiger partial charge in [-0.05, 0) is 43.3 Å². The second-order valence-electron chi connectivity index (χ2n) is 8.41. The number of halogens is 1. The number of hydrogen-bond acceptors (Lipinski definition) is 8. The van der Waals surface area contributed by atoms with Gasteiger partial charge in [-0.1, -0.05) is 34.5 Å². The van der Waals surface area contributed by atoms with Gasteiger partial charge >= 0.3 is 0 Å². The van der Waals surface area contributed by atoms with Crippen LogP contribution in [-0.2, 0) is 19.7 Å². The molecule has 2 aromatic heterocycles. The Kier molecular flexibility index (Phi) is 7.20. The van der Waals surface area contributed by atoms with Crippen molar-refractivity contribution in [3.8, 4) is 17.1 Å². The molecular formula is C25H26ClN5O2S. The van der Waals surface area contributed by atoms with Crippen LogP contribution in [0.1, 0.15) is 22.2 Å². The lowest BCUT2D eigenvalue weighted by atomic mass is 10.2. The fourth-order valence-electron chi connectivity index (χ4n) is 3.83. The Morgan fingerprint density at radius 3 is 2.38 bits per heavy atom. The monoisotopic (exact) mass is 495 g/mol. The highest BCUT2D eigenvalue weighted by atomic mass is 35.5. The van der Waals surface area contributed by atoms with Gasteiger partial charge in [0.1, 0.15) is 17.4 Å². The maximum absolute atomic E-state index is 5.95. The lowest BCUT2D eigenvalue weighted by Gasteiger charge is -2.33. The van der Waals surface area contributed by atoms with Crippen LogP contribution in [0.5, 0.6) is 5.75 Å². The lowest BCUT2D eigenvalue weighted by molar-refractivity contribution is 0.111. The largest absolute Gasteiger partial charge is 0.486 e. The molecule has 0 atom stereocenters. The zero-order valence-corrected chi connectivity index (χ0v) is 20.6. The van der Waals surface area contributed by atoms with Crippen LogP contribution in [0, 0.1) is 6.92 Å². The molecule has 0 unspecified atom stereocenters. The summed E-state index contributed by atoms with van der Waals surface area (Å²) in [5.74, 6) is 2.10. The molecule has 9 heteroatoms. The molecule has 0 N–H and O–H groups in total. The number of hydrogen-bond donors (Lipinski definition) is 0. The molecule has 5 rings (SSSR count). The fourth-order valence-corrected chi connectivity index (χ4v) is 4.65. The number of rotatable bonds is 8. The van der Waals surface area contributed by atoms with E-state index in [0.717, 1.165) is 54.7 Å². The number of ether oxygens (including phenoxy) is 1. The smallest absolute Gasteiger partial charge is 0.241 e. The molecule has 1 saturated heterocycles. The van der Waals surface area contributed by atoms with Crippen molar-refractivity contribution < 1.29 is 9.26 Å². The summed E-state index contributed by atoms with van der Waals surface area (Å²) >= 11 is 7.61. The van der Waals surface area contributed by atoms with E-state index in [1.165, 1.54) is 5.56 Å². The average molecular weight is 496 g/mol. The quantitative estimate of drug-likeness (QED) is 0.338. The van der Waals surface area contributed by atoms with Crippen LogP contribution in [0.15, 0.2) is 58.4 Å². The molecule has 0 bridgehead atoms. The van der Waals surface area contributed by atoms with Crippen LogP contribution >= 0.6 is 22.9 Å². The van der Waals surface area contributed by atoms with E-state index in [9.17, 15) is 0 Å². The minimum absolute atomic E-state index is 0.504. The first-order valence-corrected chi connectivity index (χ1v) is 12.5. The third-order valence-electron chi connectivity index (χ3n) is 5.76. The van der Waals surface area contributed by atoms with Crippen LogP contribution in [0.2, 0.25) is 5.02 Å². The number of nitrogens with zero attached hydrogens (tertiary/aromatic N) is 5. The average Bonchev–Trinajstić information content (AvgIpc) is 3.50. The van der Waals surface area contributed by atoms with Crippen LogP contribution in [0.3, 0.4) is 0 Å². The highest BCUT2D eigenvalue weighted by Gasteiger charge is 2.20. The predicted molar refractivity (Wildman–Crippen MR) is 133 cm³/mol. The Morgan fingerprint density at radius 2 is 1.65 bits per heavy atom. The van der Waals surface area contributed by atoms with E-state index >= 15 is 0 Å². The number of aromatic nitrogens is 3. The second kappa shape index (κ2) is 10.7. The van der Waals surface area contributed by atoms with Crippen LogP contribution in [-0.4, -0.2) is 51.1 Å². The molecule has 0 amide bonds. The summed E-state index contributed by atoms with van der Waals surface area (Å²) < 4.78 is 11.3. The van der Waals surface area contributed by atoms with Gasteiger partial charge in [-0.3, -0.25) is 9.80 Å². The minimum Gasteiger partial charge on any atom is -0.486 e. The molecule has 1 fully saturated rings. The SMILES string of the molecule is Cc1ccc(OCc2nc(CN3CCN(Cc4nc(-c5ccc(Cl)cc5)no4)CC3)cs2)cc1. The van der Waals surface area contributed by atoms with Gasteiger partial charge in [0.25, 0.3) is 0 Å². The summed E-state index contributed by atoms with van der Waals surface area (Å²) in [5, 5.41) is 7.94.